The number of carbonyl (C=O) groups excluding carboxylic acids is 1. The highest BCUT2D eigenvalue weighted by molar-refractivity contribution is 5.80. The van der Waals surface area contributed by atoms with Gasteiger partial charge in [0.15, 0.2) is 6.61 Å². The van der Waals surface area contributed by atoms with Crippen LogP contribution in [-0.2, 0) is 20.9 Å². The number of benzene rings is 1. The minimum atomic E-state index is -1.02. The van der Waals surface area contributed by atoms with E-state index in [1.54, 1.807) is 31.0 Å². The molecule has 6 nitrogen and oxygen atoms in total. The molecule has 1 aromatic rings. The molecule has 0 fully saturated rings. The van der Waals surface area contributed by atoms with Crippen molar-refractivity contribution in [2.75, 3.05) is 20.3 Å². The molecule has 128 valence electrons. The molecule has 1 amide bonds. The van der Waals surface area contributed by atoms with E-state index in [0.717, 1.165) is 18.4 Å². The van der Waals surface area contributed by atoms with Crippen LogP contribution < -0.4 is 4.74 Å². The summed E-state index contributed by atoms with van der Waals surface area (Å²) in [5.41, 5.74) is 0.935. The summed E-state index contributed by atoms with van der Waals surface area (Å²) in [7, 11) is 1.73. The molecule has 6 heteroatoms. The number of hydrogen-bond donors (Lipinski definition) is 1. The van der Waals surface area contributed by atoms with Crippen LogP contribution in [0.3, 0.4) is 0 Å². The Labute approximate surface area is 137 Å². The average Bonchev–Trinajstić information content (AvgIpc) is 2.53. The van der Waals surface area contributed by atoms with Gasteiger partial charge in [-0.05, 0) is 31.0 Å². The summed E-state index contributed by atoms with van der Waals surface area (Å²) in [6, 6.07) is 7.00. The Hall–Kier alpha value is -2.08. The van der Waals surface area contributed by atoms with Gasteiger partial charge in [-0.15, -0.1) is 0 Å². The molecule has 0 heterocycles. The number of carboxylic acid groups (broad SMARTS) is 1. The Kier molecular flexibility index (Phi) is 8.11. The normalized spacial score (nSPS) is 11.8. The lowest BCUT2D eigenvalue weighted by Crippen LogP contribution is -2.36. The van der Waals surface area contributed by atoms with Crippen LogP contribution in [0, 0.1) is 0 Å². The van der Waals surface area contributed by atoms with E-state index in [4.69, 9.17) is 14.6 Å². The first kappa shape index (κ1) is 19.0. The predicted octanol–water partition coefficient (Wildman–Crippen LogP) is 2.31. The van der Waals surface area contributed by atoms with Crippen LogP contribution in [0.25, 0.3) is 0 Å². The number of amides is 1. The summed E-state index contributed by atoms with van der Waals surface area (Å²) in [6.07, 6.45) is 1.52. The van der Waals surface area contributed by atoms with Gasteiger partial charge in [-0.3, -0.25) is 4.79 Å². The largest absolute Gasteiger partial charge is 0.482 e. The zero-order valence-electron chi connectivity index (χ0n) is 13.9. The van der Waals surface area contributed by atoms with Crippen LogP contribution in [0.5, 0.6) is 5.75 Å². The highest BCUT2D eigenvalue weighted by atomic mass is 16.5. The first-order chi connectivity index (χ1) is 10.9. The standard InChI is InChI=1S/C17H25NO5/c1-4-5-10-22-13(2)17(21)18(3)11-14-6-8-15(9-7-14)23-12-16(19)20/h6-9,13H,4-5,10-12H2,1-3H3,(H,19,20). The van der Waals surface area contributed by atoms with Gasteiger partial charge in [0.1, 0.15) is 11.9 Å². The van der Waals surface area contributed by atoms with Gasteiger partial charge in [0.05, 0.1) is 0 Å². The minimum absolute atomic E-state index is 0.0627. The lowest BCUT2D eigenvalue weighted by atomic mass is 10.2. The van der Waals surface area contributed by atoms with E-state index >= 15 is 0 Å². The molecular formula is C17H25NO5. The molecule has 1 aromatic carbocycles. The molecule has 0 aliphatic heterocycles. The van der Waals surface area contributed by atoms with E-state index in [2.05, 4.69) is 6.92 Å². The topological polar surface area (TPSA) is 76.1 Å². The van der Waals surface area contributed by atoms with E-state index in [9.17, 15) is 9.59 Å². The van der Waals surface area contributed by atoms with Gasteiger partial charge in [0.2, 0.25) is 0 Å². The molecule has 0 radical (unpaired) electrons. The van der Waals surface area contributed by atoms with Crippen LogP contribution in [-0.4, -0.2) is 48.2 Å². The Morgan fingerprint density at radius 3 is 2.48 bits per heavy atom. The van der Waals surface area contributed by atoms with Crippen LogP contribution in [0.1, 0.15) is 32.3 Å². The number of carbonyl (C=O) groups is 2. The zero-order chi connectivity index (χ0) is 17.2. The van der Waals surface area contributed by atoms with E-state index in [-0.39, 0.29) is 12.5 Å². The van der Waals surface area contributed by atoms with Gasteiger partial charge < -0.3 is 19.5 Å². The van der Waals surface area contributed by atoms with Crippen LogP contribution in [0.2, 0.25) is 0 Å². The Bertz CT molecular complexity index is 500. The predicted molar refractivity (Wildman–Crippen MR) is 86.4 cm³/mol. The molecule has 0 aromatic heterocycles. The van der Waals surface area contributed by atoms with Crippen molar-refractivity contribution >= 4 is 11.9 Å². The van der Waals surface area contributed by atoms with E-state index in [0.29, 0.717) is 18.9 Å². The summed E-state index contributed by atoms with van der Waals surface area (Å²) in [5.74, 6) is -0.592. The van der Waals surface area contributed by atoms with Gasteiger partial charge in [-0.1, -0.05) is 25.5 Å². The Morgan fingerprint density at radius 2 is 1.91 bits per heavy atom. The Balaban J connectivity index is 2.47. The SMILES string of the molecule is CCCCOC(C)C(=O)N(C)Cc1ccc(OCC(=O)O)cc1. The number of nitrogens with zero attached hydrogens (tertiary/aromatic N) is 1. The highest BCUT2D eigenvalue weighted by Crippen LogP contribution is 2.14. The zero-order valence-corrected chi connectivity index (χ0v) is 13.9. The Morgan fingerprint density at radius 1 is 1.26 bits per heavy atom. The third-order valence-corrected chi connectivity index (χ3v) is 3.30. The van der Waals surface area contributed by atoms with Crippen molar-refractivity contribution in [2.24, 2.45) is 0 Å². The fourth-order valence-corrected chi connectivity index (χ4v) is 1.97. The first-order valence-corrected chi connectivity index (χ1v) is 7.74. The lowest BCUT2D eigenvalue weighted by Gasteiger charge is -2.21. The van der Waals surface area contributed by atoms with Crippen molar-refractivity contribution < 1.29 is 24.2 Å². The van der Waals surface area contributed by atoms with Gasteiger partial charge >= 0.3 is 5.97 Å². The van der Waals surface area contributed by atoms with Crippen molar-refractivity contribution in [3.8, 4) is 5.75 Å². The fourth-order valence-electron chi connectivity index (χ4n) is 1.97. The van der Waals surface area contributed by atoms with E-state index < -0.39 is 12.1 Å². The molecule has 23 heavy (non-hydrogen) atoms. The number of unbranched alkanes of at least 4 members (excludes halogenated alkanes) is 1. The molecule has 1 unspecified atom stereocenters. The molecule has 0 spiro atoms. The summed E-state index contributed by atoms with van der Waals surface area (Å²) in [6.45, 7) is 4.51. The fraction of sp³-hybridized carbons (Fsp3) is 0.529. The second-order valence-corrected chi connectivity index (χ2v) is 5.39. The molecule has 0 aliphatic carbocycles. The number of hydrogen-bond acceptors (Lipinski definition) is 4. The number of likely N-dealkylation sites (N-methyl/N-ethyl adjacent to an activating group) is 1. The van der Waals surface area contributed by atoms with Crippen LogP contribution in [0.4, 0.5) is 0 Å². The maximum absolute atomic E-state index is 12.2. The van der Waals surface area contributed by atoms with Crippen molar-refractivity contribution in [3.05, 3.63) is 29.8 Å². The minimum Gasteiger partial charge on any atom is -0.482 e. The maximum Gasteiger partial charge on any atom is 0.341 e. The molecular weight excluding hydrogens is 298 g/mol. The molecule has 0 saturated carbocycles. The molecule has 1 atom stereocenters. The second-order valence-electron chi connectivity index (χ2n) is 5.39. The summed E-state index contributed by atoms with van der Waals surface area (Å²) >= 11 is 0. The molecule has 1 N–H and O–H groups in total. The number of ether oxygens (including phenoxy) is 2. The molecule has 0 bridgehead atoms. The summed E-state index contributed by atoms with van der Waals surface area (Å²) in [4.78, 5) is 24.2. The number of aliphatic carboxylic acids is 1. The summed E-state index contributed by atoms with van der Waals surface area (Å²) in [5, 5.41) is 8.56. The number of carboxylic acids is 1. The second kappa shape index (κ2) is 9.84. The maximum atomic E-state index is 12.2. The van der Waals surface area contributed by atoms with Crippen LogP contribution in [0.15, 0.2) is 24.3 Å². The monoisotopic (exact) mass is 323 g/mol. The van der Waals surface area contributed by atoms with Gasteiger partial charge in [-0.25, -0.2) is 4.79 Å². The quantitative estimate of drug-likeness (QED) is 0.669. The third kappa shape index (κ3) is 7.15. The van der Waals surface area contributed by atoms with Crippen molar-refractivity contribution in [2.45, 2.75) is 39.3 Å². The van der Waals surface area contributed by atoms with Gasteiger partial charge in [-0.2, -0.15) is 0 Å². The van der Waals surface area contributed by atoms with Gasteiger partial charge in [0, 0.05) is 20.2 Å². The molecule has 0 saturated heterocycles. The molecule has 0 aliphatic rings. The van der Waals surface area contributed by atoms with Crippen molar-refractivity contribution in [1.29, 1.82) is 0 Å². The molecule has 1 rings (SSSR count). The van der Waals surface area contributed by atoms with Gasteiger partial charge in [0.25, 0.3) is 5.91 Å². The van der Waals surface area contributed by atoms with Crippen molar-refractivity contribution in [1.82, 2.24) is 4.90 Å². The smallest absolute Gasteiger partial charge is 0.341 e. The highest BCUT2D eigenvalue weighted by Gasteiger charge is 2.18. The summed E-state index contributed by atoms with van der Waals surface area (Å²) < 4.78 is 10.6. The average molecular weight is 323 g/mol. The third-order valence-electron chi connectivity index (χ3n) is 3.30. The number of rotatable bonds is 10. The van der Waals surface area contributed by atoms with Crippen LogP contribution >= 0.6 is 0 Å². The van der Waals surface area contributed by atoms with E-state index in [1.165, 1.54) is 0 Å². The van der Waals surface area contributed by atoms with E-state index in [1.807, 2.05) is 12.1 Å². The first-order valence-electron chi connectivity index (χ1n) is 7.74. The van der Waals surface area contributed by atoms with Crippen molar-refractivity contribution in [3.63, 3.8) is 0 Å². The lowest BCUT2D eigenvalue weighted by molar-refractivity contribution is -0.142.